The maximum absolute atomic E-state index is 12.7. The highest BCUT2D eigenvalue weighted by molar-refractivity contribution is 6.33. The number of non-ortho nitro benzene ring substituents is 1. The molecule has 0 bridgehead atoms. The predicted molar refractivity (Wildman–Crippen MR) is 108 cm³/mol. The third-order valence-electron chi connectivity index (χ3n) is 4.72. The molecule has 8 nitrogen and oxygen atoms in total. The van der Waals surface area contributed by atoms with Crippen LogP contribution in [-0.2, 0) is 9.53 Å². The van der Waals surface area contributed by atoms with Gasteiger partial charge in [0.05, 0.1) is 15.5 Å². The molecule has 9 heteroatoms. The standard InChI is InChI=1S/C20H20ClN3O5/c1-14(29-20(26)17-13-16(24(27)28)7-8-18(17)21)19(25)23-11-9-22(10-12-23)15-5-3-2-4-6-15/h2-8,13-14H,9-12H2,1H3. The van der Waals surface area contributed by atoms with E-state index in [-0.39, 0.29) is 22.2 Å². The number of benzene rings is 2. The van der Waals surface area contributed by atoms with Gasteiger partial charge < -0.3 is 14.5 Å². The van der Waals surface area contributed by atoms with E-state index in [0.29, 0.717) is 26.2 Å². The molecule has 2 aromatic rings. The molecule has 1 atom stereocenters. The molecule has 1 heterocycles. The Morgan fingerprint density at radius 2 is 1.76 bits per heavy atom. The number of piperazine rings is 1. The third kappa shape index (κ3) is 4.83. The first-order chi connectivity index (χ1) is 13.9. The molecule has 3 rings (SSSR count). The quantitative estimate of drug-likeness (QED) is 0.421. The Kier molecular flexibility index (Phi) is 6.33. The number of nitro groups is 1. The second-order valence-electron chi connectivity index (χ2n) is 6.62. The predicted octanol–water partition coefficient (Wildman–Crippen LogP) is 3.14. The summed E-state index contributed by atoms with van der Waals surface area (Å²) >= 11 is 5.96. The number of amides is 1. The lowest BCUT2D eigenvalue weighted by Crippen LogP contribution is -2.51. The molecule has 152 valence electrons. The van der Waals surface area contributed by atoms with Gasteiger partial charge in [-0.05, 0) is 25.1 Å². The van der Waals surface area contributed by atoms with Crippen molar-refractivity contribution in [3.8, 4) is 0 Å². The number of ether oxygens (including phenoxy) is 1. The molecule has 29 heavy (non-hydrogen) atoms. The maximum Gasteiger partial charge on any atom is 0.340 e. The van der Waals surface area contributed by atoms with Crippen LogP contribution in [-0.4, -0.2) is 54.0 Å². The first-order valence-electron chi connectivity index (χ1n) is 9.10. The summed E-state index contributed by atoms with van der Waals surface area (Å²) in [7, 11) is 0. The lowest BCUT2D eigenvalue weighted by molar-refractivity contribution is -0.384. The van der Waals surface area contributed by atoms with Crippen LogP contribution in [0.2, 0.25) is 5.02 Å². The average molecular weight is 418 g/mol. The van der Waals surface area contributed by atoms with Gasteiger partial charge in [0.2, 0.25) is 0 Å². The fourth-order valence-electron chi connectivity index (χ4n) is 3.14. The van der Waals surface area contributed by atoms with Crippen LogP contribution in [0.3, 0.4) is 0 Å². The molecule has 1 aliphatic heterocycles. The summed E-state index contributed by atoms with van der Waals surface area (Å²) in [6, 6.07) is 13.4. The van der Waals surface area contributed by atoms with E-state index in [9.17, 15) is 19.7 Å². The number of anilines is 1. The zero-order valence-corrected chi connectivity index (χ0v) is 16.5. The first-order valence-corrected chi connectivity index (χ1v) is 9.48. The molecule has 0 saturated carbocycles. The third-order valence-corrected chi connectivity index (χ3v) is 5.05. The van der Waals surface area contributed by atoms with Crippen molar-refractivity contribution in [2.75, 3.05) is 31.1 Å². The number of nitro benzene ring substituents is 1. The van der Waals surface area contributed by atoms with Crippen molar-refractivity contribution in [3.63, 3.8) is 0 Å². The number of nitrogens with zero attached hydrogens (tertiary/aromatic N) is 3. The van der Waals surface area contributed by atoms with Crippen LogP contribution in [0.25, 0.3) is 0 Å². The van der Waals surface area contributed by atoms with Gasteiger partial charge in [0.1, 0.15) is 0 Å². The molecule has 1 saturated heterocycles. The summed E-state index contributed by atoms with van der Waals surface area (Å²) in [6.07, 6.45) is -1.03. The molecule has 1 aliphatic rings. The molecule has 1 fully saturated rings. The number of halogens is 1. The normalized spacial score (nSPS) is 15.0. The molecule has 1 amide bonds. The highest BCUT2D eigenvalue weighted by Crippen LogP contribution is 2.23. The van der Waals surface area contributed by atoms with Gasteiger partial charge in [-0.15, -0.1) is 0 Å². The highest BCUT2D eigenvalue weighted by Gasteiger charge is 2.28. The molecule has 2 aromatic carbocycles. The van der Waals surface area contributed by atoms with Crippen LogP contribution in [0.5, 0.6) is 0 Å². The maximum atomic E-state index is 12.7. The second kappa shape index (κ2) is 8.91. The van der Waals surface area contributed by atoms with Crippen LogP contribution in [0.15, 0.2) is 48.5 Å². The van der Waals surface area contributed by atoms with E-state index in [1.165, 1.54) is 19.1 Å². The zero-order valence-electron chi connectivity index (χ0n) is 15.8. The van der Waals surface area contributed by atoms with E-state index in [4.69, 9.17) is 16.3 Å². The van der Waals surface area contributed by atoms with Crippen molar-refractivity contribution < 1.29 is 19.2 Å². The number of hydrogen-bond donors (Lipinski definition) is 0. The molecule has 1 unspecified atom stereocenters. The molecule has 0 aromatic heterocycles. The lowest BCUT2D eigenvalue weighted by Gasteiger charge is -2.37. The molecule has 0 N–H and O–H groups in total. The summed E-state index contributed by atoms with van der Waals surface area (Å²) in [5.74, 6) is -1.19. The van der Waals surface area contributed by atoms with E-state index in [2.05, 4.69) is 4.90 Å². The number of carbonyl (C=O) groups is 2. The Balaban J connectivity index is 1.59. The number of rotatable bonds is 5. The Labute approximate surface area is 172 Å². The monoisotopic (exact) mass is 417 g/mol. The molecule has 0 spiro atoms. The van der Waals surface area contributed by atoms with Gasteiger partial charge in [0.25, 0.3) is 11.6 Å². The van der Waals surface area contributed by atoms with Gasteiger partial charge in [0, 0.05) is 44.0 Å². The average Bonchev–Trinajstić information content (AvgIpc) is 2.74. The first kappa shape index (κ1) is 20.6. The van der Waals surface area contributed by atoms with Crippen molar-refractivity contribution in [3.05, 3.63) is 69.2 Å². The zero-order chi connectivity index (χ0) is 21.0. The molecule has 0 radical (unpaired) electrons. The topological polar surface area (TPSA) is 93.0 Å². The summed E-state index contributed by atoms with van der Waals surface area (Å²) in [4.78, 5) is 39.1. The van der Waals surface area contributed by atoms with E-state index in [0.717, 1.165) is 11.8 Å². The van der Waals surface area contributed by atoms with Gasteiger partial charge in [-0.2, -0.15) is 0 Å². The summed E-state index contributed by atoms with van der Waals surface area (Å²) < 4.78 is 5.23. The second-order valence-corrected chi connectivity index (χ2v) is 7.02. The van der Waals surface area contributed by atoms with Gasteiger partial charge in [-0.25, -0.2) is 4.79 Å². The number of carbonyl (C=O) groups excluding carboxylic acids is 2. The van der Waals surface area contributed by atoms with E-state index in [1.54, 1.807) is 4.90 Å². The van der Waals surface area contributed by atoms with Crippen LogP contribution in [0.1, 0.15) is 17.3 Å². The van der Waals surface area contributed by atoms with E-state index in [1.807, 2.05) is 30.3 Å². The van der Waals surface area contributed by atoms with Crippen molar-refractivity contribution in [2.24, 2.45) is 0 Å². The van der Waals surface area contributed by atoms with Crippen molar-refractivity contribution in [1.82, 2.24) is 4.90 Å². The summed E-state index contributed by atoms with van der Waals surface area (Å²) in [6.45, 7) is 3.84. The summed E-state index contributed by atoms with van der Waals surface area (Å²) in [5, 5.41) is 10.9. The van der Waals surface area contributed by atoms with Gasteiger partial charge >= 0.3 is 5.97 Å². The number of hydrogen-bond acceptors (Lipinski definition) is 6. The van der Waals surface area contributed by atoms with Crippen molar-refractivity contribution >= 4 is 34.9 Å². The van der Waals surface area contributed by atoms with E-state index < -0.39 is 17.0 Å². The van der Waals surface area contributed by atoms with E-state index >= 15 is 0 Å². The highest BCUT2D eigenvalue weighted by atomic mass is 35.5. The molecule has 0 aliphatic carbocycles. The Morgan fingerprint density at radius 3 is 2.38 bits per heavy atom. The van der Waals surface area contributed by atoms with Gasteiger partial charge in [-0.1, -0.05) is 29.8 Å². The molecular formula is C20H20ClN3O5. The molecular weight excluding hydrogens is 398 g/mol. The Hall–Kier alpha value is -3.13. The largest absolute Gasteiger partial charge is 0.449 e. The van der Waals surface area contributed by atoms with Crippen LogP contribution < -0.4 is 4.90 Å². The lowest BCUT2D eigenvalue weighted by atomic mass is 10.2. The fourth-order valence-corrected chi connectivity index (χ4v) is 3.33. The number of para-hydroxylation sites is 1. The SMILES string of the molecule is CC(OC(=O)c1cc([N+](=O)[O-])ccc1Cl)C(=O)N1CCN(c2ccccc2)CC1. The van der Waals surface area contributed by atoms with Crippen LogP contribution in [0, 0.1) is 10.1 Å². The minimum Gasteiger partial charge on any atom is -0.449 e. The van der Waals surface area contributed by atoms with Crippen LogP contribution in [0.4, 0.5) is 11.4 Å². The Bertz CT molecular complexity index is 914. The van der Waals surface area contributed by atoms with Crippen molar-refractivity contribution in [1.29, 1.82) is 0 Å². The minimum absolute atomic E-state index is 0.0247. The van der Waals surface area contributed by atoms with Crippen LogP contribution >= 0.6 is 11.6 Å². The summed E-state index contributed by atoms with van der Waals surface area (Å²) in [5.41, 5.74) is 0.672. The Morgan fingerprint density at radius 1 is 1.10 bits per heavy atom. The van der Waals surface area contributed by atoms with Gasteiger partial charge in [-0.3, -0.25) is 14.9 Å². The van der Waals surface area contributed by atoms with Crippen molar-refractivity contribution in [2.45, 2.75) is 13.0 Å². The minimum atomic E-state index is -1.03. The smallest absolute Gasteiger partial charge is 0.340 e. The number of esters is 1. The van der Waals surface area contributed by atoms with Gasteiger partial charge in [0.15, 0.2) is 6.10 Å². The fraction of sp³-hybridized carbons (Fsp3) is 0.300.